The smallest absolute Gasteiger partial charge is 0.191 e. The van der Waals surface area contributed by atoms with Crippen molar-refractivity contribution in [2.75, 3.05) is 64.4 Å². The van der Waals surface area contributed by atoms with Gasteiger partial charge in [0.2, 0.25) is 0 Å². The quantitative estimate of drug-likeness (QED) is 0.394. The topological polar surface area (TPSA) is 52.1 Å². The third kappa shape index (κ3) is 7.03. The van der Waals surface area contributed by atoms with Gasteiger partial charge >= 0.3 is 0 Å². The average Bonchev–Trinajstić information content (AvgIpc) is 2.71. The highest BCUT2D eigenvalue weighted by Gasteiger charge is 2.28. The van der Waals surface area contributed by atoms with Crippen LogP contribution in [0, 0.1) is 0 Å². The summed E-state index contributed by atoms with van der Waals surface area (Å²) in [7, 11) is 1.83. The summed E-state index contributed by atoms with van der Waals surface area (Å²) in [5.41, 5.74) is 1.36. The molecule has 0 atom stereocenters. The second kappa shape index (κ2) is 11.1. The lowest BCUT2D eigenvalue weighted by molar-refractivity contribution is -0.00833. The first-order valence-electron chi connectivity index (χ1n) is 10.1. The van der Waals surface area contributed by atoms with E-state index in [9.17, 15) is 0 Å². The summed E-state index contributed by atoms with van der Waals surface area (Å²) in [6, 6.07) is 10.6. The Morgan fingerprint density at radius 1 is 1.19 bits per heavy atom. The van der Waals surface area contributed by atoms with Crippen LogP contribution < -0.4 is 15.5 Å². The summed E-state index contributed by atoms with van der Waals surface area (Å²) in [4.78, 5) is 9.25. The van der Waals surface area contributed by atoms with Crippen molar-refractivity contribution in [3.8, 4) is 0 Å². The Kier molecular flexibility index (Phi) is 8.88. The predicted octanol–water partition coefficient (Wildman–Crippen LogP) is 2.18. The van der Waals surface area contributed by atoms with Crippen molar-refractivity contribution < 1.29 is 4.74 Å². The number of rotatable bonds is 9. The SMILES string of the molecule is CCN(CCCNC(=NC)NCC(C)(C)N1CCOCC1)c1ccccc1. The number of aliphatic imine (C=N–C) groups is 1. The van der Waals surface area contributed by atoms with Crippen LogP contribution in [-0.4, -0.2) is 75.9 Å². The third-order valence-corrected chi connectivity index (χ3v) is 5.18. The highest BCUT2D eigenvalue weighted by molar-refractivity contribution is 5.79. The van der Waals surface area contributed by atoms with E-state index in [-0.39, 0.29) is 5.54 Å². The molecule has 0 radical (unpaired) electrons. The van der Waals surface area contributed by atoms with Crippen LogP contribution in [0.2, 0.25) is 0 Å². The Labute approximate surface area is 165 Å². The van der Waals surface area contributed by atoms with Gasteiger partial charge in [-0.25, -0.2) is 0 Å². The van der Waals surface area contributed by atoms with Crippen LogP contribution in [0.5, 0.6) is 0 Å². The number of anilines is 1. The molecule has 6 heteroatoms. The number of morpholine rings is 1. The van der Waals surface area contributed by atoms with Gasteiger partial charge in [-0.05, 0) is 39.3 Å². The zero-order valence-corrected chi connectivity index (χ0v) is 17.5. The van der Waals surface area contributed by atoms with Gasteiger partial charge in [0.05, 0.1) is 13.2 Å². The minimum atomic E-state index is 0.0771. The Balaban J connectivity index is 1.70. The fourth-order valence-corrected chi connectivity index (χ4v) is 3.39. The molecule has 0 saturated carbocycles. The Morgan fingerprint density at radius 2 is 1.89 bits per heavy atom. The van der Waals surface area contributed by atoms with Gasteiger partial charge < -0.3 is 20.3 Å². The van der Waals surface area contributed by atoms with Gasteiger partial charge in [-0.2, -0.15) is 0 Å². The lowest BCUT2D eigenvalue weighted by Crippen LogP contribution is -2.56. The summed E-state index contributed by atoms with van der Waals surface area (Å²) in [6.45, 7) is 14.2. The largest absolute Gasteiger partial charge is 0.379 e. The summed E-state index contributed by atoms with van der Waals surface area (Å²) in [5, 5.41) is 6.93. The van der Waals surface area contributed by atoms with E-state index >= 15 is 0 Å². The molecule has 1 aliphatic rings. The number of ether oxygens (including phenoxy) is 1. The highest BCUT2D eigenvalue weighted by atomic mass is 16.5. The molecule has 1 fully saturated rings. The van der Waals surface area contributed by atoms with Crippen molar-refractivity contribution in [1.82, 2.24) is 15.5 Å². The lowest BCUT2D eigenvalue weighted by Gasteiger charge is -2.41. The Bertz CT molecular complexity index is 555. The molecule has 0 unspecified atom stereocenters. The fraction of sp³-hybridized carbons (Fsp3) is 0.667. The van der Waals surface area contributed by atoms with E-state index < -0.39 is 0 Å². The predicted molar refractivity (Wildman–Crippen MR) is 115 cm³/mol. The molecule has 0 bridgehead atoms. The normalized spacial score (nSPS) is 16.2. The molecule has 0 aliphatic carbocycles. The van der Waals surface area contributed by atoms with E-state index in [0.717, 1.165) is 64.9 Å². The zero-order valence-electron chi connectivity index (χ0n) is 17.5. The first-order valence-corrected chi connectivity index (χ1v) is 10.1. The highest BCUT2D eigenvalue weighted by Crippen LogP contribution is 2.15. The van der Waals surface area contributed by atoms with E-state index in [1.165, 1.54) is 5.69 Å². The molecular weight excluding hydrogens is 338 g/mol. The Morgan fingerprint density at radius 3 is 2.52 bits per heavy atom. The number of nitrogens with one attached hydrogen (secondary N) is 2. The van der Waals surface area contributed by atoms with E-state index in [2.05, 4.69) is 76.5 Å². The van der Waals surface area contributed by atoms with Gasteiger partial charge in [-0.15, -0.1) is 0 Å². The number of para-hydroxylation sites is 1. The second-order valence-electron chi connectivity index (χ2n) is 7.53. The summed E-state index contributed by atoms with van der Waals surface area (Å²) in [6.07, 6.45) is 1.07. The number of hydrogen-bond donors (Lipinski definition) is 2. The van der Waals surface area contributed by atoms with Crippen LogP contribution in [-0.2, 0) is 4.74 Å². The third-order valence-electron chi connectivity index (χ3n) is 5.18. The van der Waals surface area contributed by atoms with Gasteiger partial charge in [0, 0.05) is 57.5 Å². The second-order valence-corrected chi connectivity index (χ2v) is 7.53. The van der Waals surface area contributed by atoms with Crippen LogP contribution >= 0.6 is 0 Å². The van der Waals surface area contributed by atoms with Crippen molar-refractivity contribution >= 4 is 11.6 Å². The molecule has 0 amide bonds. The van der Waals surface area contributed by atoms with E-state index in [0.29, 0.717) is 0 Å². The van der Waals surface area contributed by atoms with Gasteiger partial charge in [0.15, 0.2) is 5.96 Å². The molecule has 0 aromatic heterocycles. The molecule has 27 heavy (non-hydrogen) atoms. The molecule has 6 nitrogen and oxygen atoms in total. The van der Waals surface area contributed by atoms with E-state index in [1.54, 1.807) is 0 Å². The number of guanidine groups is 1. The molecule has 2 N–H and O–H groups in total. The van der Waals surface area contributed by atoms with Crippen LogP contribution in [0.15, 0.2) is 35.3 Å². The molecule has 1 saturated heterocycles. The number of nitrogens with zero attached hydrogens (tertiary/aromatic N) is 3. The maximum atomic E-state index is 5.47. The first-order chi connectivity index (χ1) is 13.1. The van der Waals surface area contributed by atoms with Gasteiger partial charge in [0.1, 0.15) is 0 Å². The monoisotopic (exact) mass is 375 g/mol. The molecule has 1 heterocycles. The fourth-order valence-electron chi connectivity index (χ4n) is 3.39. The Hall–Kier alpha value is -1.79. The number of hydrogen-bond acceptors (Lipinski definition) is 4. The van der Waals surface area contributed by atoms with E-state index in [1.807, 2.05) is 7.05 Å². The molecule has 2 rings (SSSR count). The van der Waals surface area contributed by atoms with Crippen molar-refractivity contribution in [2.24, 2.45) is 4.99 Å². The van der Waals surface area contributed by atoms with Crippen LogP contribution in [0.4, 0.5) is 5.69 Å². The van der Waals surface area contributed by atoms with Crippen molar-refractivity contribution in [1.29, 1.82) is 0 Å². The van der Waals surface area contributed by atoms with Crippen molar-refractivity contribution in [2.45, 2.75) is 32.7 Å². The van der Waals surface area contributed by atoms with Crippen LogP contribution in [0.25, 0.3) is 0 Å². The molecular formula is C21H37N5O. The average molecular weight is 376 g/mol. The van der Waals surface area contributed by atoms with Gasteiger partial charge in [-0.3, -0.25) is 9.89 Å². The van der Waals surface area contributed by atoms with E-state index in [4.69, 9.17) is 4.74 Å². The zero-order chi connectivity index (χ0) is 19.5. The molecule has 0 spiro atoms. The van der Waals surface area contributed by atoms with Gasteiger partial charge in [-0.1, -0.05) is 18.2 Å². The summed E-state index contributed by atoms with van der Waals surface area (Å²) in [5.74, 6) is 0.874. The maximum absolute atomic E-state index is 5.47. The van der Waals surface area contributed by atoms with Crippen LogP contribution in [0.3, 0.4) is 0 Å². The minimum absolute atomic E-state index is 0.0771. The van der Waals surface area contributed by atoms with Crippen molar-refractivity contribution in [3.63, 3.8) is 0 Å². The first kappa shape index (κ1) is 21.5. The van der Waals surface area contributed by atoms with Gasteiger partial charge in [0.25, 0.3) is 0 Å². The summed E-state index contributed by atoms with van der Waals surface area (Å²) < 4.78 is 5.47. The van der Waals surface area contributed by atoms with Crippen molar-refractivity contribution in [3.05, 3.63) is 30.3 Å². The summed E-state index contributed by atoms with van der Waals surface area (Å²) >= 11 is 0. The maximum Gasteiger partial charge on any atom is 0.191 e. The molecule has 1 aromatic rings. The lowest BCUT2D eigenvalue weighted by atomic mass is 10.0. The molecule has 152 valence electrons. The van der Waals surface area contributed by atoms with Crippen LogP contribution in [0.1, 0.15) is 27.2 Å². The minimum Gasteiger partial charge on any atom is -0.379 e. The standard InChI is InChI=1S/C21H37N5O/c1-5-25(19-10-7-6-8-11-19)13-9-12-23-20(22-4)24-18-21(2,3)26-14-16-27-17-15-26/h6-8,10-11H,5,9,12-18H2,1-4H3,(H2,22,23,24). The number of benzene rings is 1. The molecule has 1 aromatic carbocycles. The molecule has 1 aliphatic heterocycles.